The number of pyridine rings is 1. The first-order valence-electron chi connectivity index (χ1n) is 4.92. The van der Waals surface area contributed by atoms with Gasteiger partial charge in [-0.1, -0.05) is 0 Å². The summed E-state index contributed by atoms with van der Waals surface area (Å²) in [6.07, 6.45) is 2.92. The minimum atomic E-state index is 0.640. The number of ether oxygens (including phenoxy) is 2. The monoisotopic (exact) mass is 294 g/mol. The summed E-state index contributed by atoms with van der Waals surface area (Å²) in [5.41, 5.74) is 0.740. The molecule has 1 N–H and O–H groups in total. The number of methoxy groups -OCH3 is 2. The summed E-state index contributed by atoms with van der Waals surface area (Å²) in [5.74, 6) is 1.28. The molecule has 0 unspecified atom stereocenters. The largest absolute Gasteiger partial charge is 0.493 e. The van der Waals surface area contributed by atoms with Gasteiger partial charge in [-0.25, -0.2) is 4.98 Å². The summed E-state index contributed by atoms with van der Waals surface area (Å²) in [6, 6.07) is 3.69. The Kier molecular flexibility index (Phi) is 3.28. The lowest BCUT2D eigenvalue weighted by atomic mass is 10.1. The standard InChI is InChI=1S/C12H11BrN2O2/c1-16-10-3-8-7(5-14)6-15-12(13)9(8)4-11(10)17-2/h3-6,14H,1-2H3. The number of hydrogen-bond donors (Lipinski definition) is 1. The predicted octanol–water partition coefficient (Wildman–Crippen LogP) is 3.01. The number of rotatable bonds is 3. The van der Waals surface area contributed by atoms with Crippen molar-refractivity contribution in [2.45, 2.75) is 0 Å². The minimum Gasteiger partial charge on any atom is -0.493 e. The van der Waals surface area contributed by atoms with Gasteiger partial charge < -0.3 is 14.9 Å². The van der Waals surface area contributed by atoms with E-state index in [0.717, 1.165) is 20.9 Å². The van der Waals surface area contributed by atoms with Gasteiger partial charge in [0.2, 0.25) is 0 Å². The SMILES string of the molecule is COc1cc2c(C=N)cnc(Br)c2cc1OC. The number of fused-ring (bicyclic) bond motifs is 1. The molecule has 1 heterocycles. The van der Waals surface area contributed by atoms with E-state index in [-0.39, 0.29) is 0 Å². The molecule has 0 aliphatic carbocycles. The van der Waals surface area contributed by atoms with E-state index in [4.69, 9.17) is 14.9 Å². The highest BCUT2D eigenvalue weighted by molar-refractivity contribution is 9.10. The molecule has 0 aliphatic heterocycles. The van der Waals surface area contributed by atoms with Gasteiger partial charge in [-0.3, -0.25) is 0 Å². The second-order valence-corrected chi connectivity index (χ2v) is 4.15. The molecule has 0 atom stereocenters. The second kappa shape index (κ2) is 4.71. The Morgan fingerprint density at radius 1 is 1.18 bits per heavy atom. The summed E-state index contributed by atoms with van der Waals surface area (Å²) in [5, 5.41) is 9.16. The van der Waals surface area contributed by atoms with Crippen LogP contribution in [-0.2, 0) is 0 Å². The van der Waals surface area contributed by atoms with Crippen molar-refractivity contribution in [3.63, 3.8) is 0 Å². The zero-order valence-electron chi connectivity index (χ0n) is 9.45. The van der Waals surface area contributed by atoms with Gasteiger partial charge in [-0.15, -0.1) is 0 Å². The van der Waals surface area contributed by atoms with E-state index >= 15 is 0 Å². The molecule has 0 fully saturated rings. The molecule has 88 valence electrons. The Morgan fingerprint density at radius 3 is 2.29 bits per heavy atom. The highest BCUT2D eigenvalue weighted by Gasteiger charge is 2.11. The van der Waals surface area contributed by atoms with Crippen LogP contribution in [0.15, 0.2) is 22.9 Å². The van der Waals surface area contributed by atoms with Gasteiger partial charge in [0.25, 0.3) is 0 Å². The van der Waals surface area contributed by atoms with Crippen molar-refractivity contribution in [3.8, 4) is 11.5 Å². The van der Waals surface area contributed by atoms with Crippen molar-refractivity contribution >= 4 is 32.9 Å². The normalized spacial score (nSPS) is 10.3. The first-order valence-corrected chi connectivity index (χ1v) is 5.71. The molecule has 0 spiro atoms. The molecule has 1 aromatic carbocycles. The third-order valence-electron chi connectivity index (χ3n) is 2.53. The van der Waals surface area contributed by atoms with Crippen LogP contribution in [0.3, 0.4) is 0 Å². The lowest BCUT2D eigenvalue weighted by Gasteiger charge is -2.11. The summed E-state index contributed by atoms with van der Waals surface area (Å²) >= 11 is 3.39. The van der Waals surface area contributed by atoms with E-state index in [2.05, 4.69) is 20.9 Å². The van der Waals surface area contributed by atoms with Crippen LogP contribution in [0, 0.1) is 5.41 Å². The van der Waals surface area contributed by atoms with Crippen LogP contribution >= 0.6 is 15.9 Å². The lowest BCUT2D eigenvalue weighted by molar-refractivity contribution is 0.356. The predicted molar refractivity (Wildman–Crippen MR) is 70.4 cm³/mol. The third kappa shape index (κ3) is 1.98. The second-order valence-electron chi connectivity index (χ2n) is 3.40. The highest BCUT2D eigenvalue weighted by atomic mass is 79.9. The van der Waals surface area contributed by atoms with Crippen molar-refractivity contribution in [2.24, 2.45) is 0 Å². The van der Waals surface area contributed by atoms with Gasteiger partial charge in [0.05, 0.1) is 14.2 Å². The molecule has 1 aromatic heterocycles. The molecule has 0 bridgehead atoms. The van der Waals surface area contributed by atoms with Crippen molar-refractivity contribution in [2.75, 3.05) is 14.2 Å². The Bertz CT molecular complexity index is 584. The fraction of sp³-hybridized carbons (Fsp3) is 0.167. The van der Waals surface area contributed by atoms with Gasteiger partial charge in [-0.05, 0) is 33.4 Å². The van der Waals surface area contributed by atoms with Crippen molar-refractivity contribution in [1.82, 2.24) is 4.98 Å². The fourth-order valence-electron chi connectivity index (χ4n) is 1.67. The number of nitrogens with zero attached hydrogens (tertiary/aromatic N) is 1. The van der Waals surface area contributed by atoms with E-state index < -0.39 is 0 Å². The van der Waals surface area contributed by atoms with E-state index in [1.165, 1.54) is 6.21 Å². The molecule has 0 radical (unpaired) electrons. The Hall–Kier alpha value is -1.62. The zero-order chi connectivity index (χ0) is 12.4. The van der Waals surface area contributed by atoms with Gasteiger partial charge in [0.1, 0.15) is 4.60 Å². The van der Waals surface area contributed by atoms with Gasteiger partial charge >= 0.3 is 0 Å². The number of benzene rings is 1. The summed E-state index contributed by atoms with van der Waals surface area (Å²) in [6.45, 7) is 0. The van der Waals surface area contributed by atoms with Crippen LogP contribution in [-0.4, -0.2) is 25.4 Å². The molecule has 0 amide bonds. The topological polar surface area (TPSA) is 55.2 Å². The summed E-state index contributed by atoms with van der Waals surface area (Å²) in [7, 11) is 3.18. The van der Waals surface area contributed by atoms with E-state index in [1.807, 2.05) is 12.1 Å². The minimum absolute atomic E-state index is 0.640. The molecule has 0 aliphatic rings. The molecule has 2 rings (SSSR count). The van der Waals surface area contributed by atoms with Gasteiger partial charge in [0, 0.05) is 23.4 Å². The Morgan fingerprint density at radius 2 is 1.76 bits per heavy atom. The number of nitrogens with one attached hydrogen (secondary N) is 1. The Balaban J connectivity index is 2.85. The van der Waals surface area contributed by atoms with Crippen LogP contribution in [0.1, 0.15) is 5.56 Å². The van der Waals surface area contributed by atoms with Crippen LogP contribution in [0.4, 0.5) is 0 Å². The number of hydrogen-bond acceptors (Lipinski definition) is 4. The molecule has 2 aromatic rings. The smallest absolute Gasteiger partial charge is 0.161 e. The fourth-order valence-corrected chi connectivity index (χ4v) is 2.10. The first kappa shape index (κ1) is 11.9. The van der Waals surface area contributed by atoms with Crippen molar-refractivity contribution < 1.29 is 9.47 Å². The van der Waals surface area contributed by atoms with Crippen LogP contribution in [0.2, 0.25) is 0 Å². The molecule has 0 saturated carbocycles. The maximum Gasteiger partial charge on any atom is 0.161 e. The number of aromatic nitrogens is 1. The van der Waals surface area contributed by atoms with Crippen LogP contribution in [0.25, 0.3) is 10.8 Å². The molecule has 17 heavy (non-hydrogen) atoms. The van der Waals surface area contributed by atoms with E-state index in [9.17, 15) is 0 Å². The molecule has 5 heteroatoms. The number of halogens is 1. The van der Waals surface area contributed by atoms with Gasteiger partial charge in [0.15, 0.2) is 11.5 Å². The zero-order valence-corrected chi connectivity index (χ0v) is 11.0. The molecular weight excluding hydrogens is 284 g/mol. The summed E-state index contributed by atoms with van der Waals surface area (Å²) < 4.78 is 11.2. The Labute approximate surface area is 107 Å². The highest BCUT2D eigenvalue weighted by Crippen LogP contribution is 2.35. The van der Waals surface area contributed by atoms with E-state index in [0.29, 0.717) is 11.5 Å². The average molecular weight is 295 g/mol. The van der Waals surface area contributed by atoms with Crippen molar-refractivity contribution in [3.05, 3.63) is 28.5 Å². The van der Waals surface area contributed by atoms with Crippen molar-refractivity contribution in [1.29, 1.82) is 5.41 Å². The first-order chi connectivity index (χ1) is 8.21. The molecule has 0 saturated heterocycles. The van der Waals surface area contributed by atoms with E-state index in [1.54, 1.807) is 20.4 Å². The average Bonchev–Trinajstić information content (AvgIpc) is 2.38. The van der Waals surface area contributed by atoms with Gasteiger partial charge in [-0.2, -0.15) is 0 Å². The summed E-state index contributed by atoms with van der Waals surface area (Å²) in [4.78, 5) is 4.18. The quantitative estimate of drug-likeness (QED) is 0.699. The van der Waals surface area contributed by atoms with Crippen LogP contribution in [0.5, 0.6) is 11.5 Å². The van der Waals surface area contributed by atoms with Crippen LogP contribution < -0.4 is 9.47 Å². The molecular formula is C12H11BrN2O2. The maximum absolute atomic E-state index is 7.37. The third-order valence-corrected chi connectivity index (χ3v) is 3.16. The molecule has 4 nitrogen and oxygen atoms in total. The maximum atomic E-state index is 7.37. The lowest BCUT2D eigenvalue weighted by Crippen LogP contribution is -1.94.